The molecule has 2 nitrogen and oxygen atoms in total. The minimum atomic E-state index is 0.840. The van der Waals surface area contributed by atoms with E-state index < -0.39 is 0 Å². The molecule has 0 aliphatic heterocycles. The molecule has 2 N–H and O–H groups in total. The lowest BCUT2D eigenvalue weighted by Crippen LogP contribution is -2.36. The Labute approximate surface area is 132 Å². The van der Waals surface area contributed by atoms with Crippen molar-refractivity contribution in [1.29, 1.82) is 0 Å². The molecule has 0 unspecified atom stereocenters. The molecule has 0 saturated heterocycles. The number of unbranched alkanes of at least 4 members (excludes halogenated alkanes) is 10. The largest absolute Gasteiger partial charge is 0.363 e. The van der Waals surface area contributed by atoms with Crippen LogP contribution in [0.15, 0.2) is 0 Å². The molecule has 0 aliphatic rings. The lowest BCUT2D eigenvalue weighted by atomic mass is 10.1. The molecule has 0 aromatic rings. The van der Waals surface area contributed by atoms with Crippen LogP contribution in [-0.2, 0) is 0 Å². The van der Waals surface area contributed by atoms with E-state index in [0.717, 1.165) is 18.2 Å². The van der Waals surface area contributed by atoms with Gasteiger partial charge in [0, 0.05) is 13.1 Å². The van der Waals surface area contributed by atoms with Gasteiger partial charge in [-0.25, -0.2) is 0 Å². The van der Waals surface area contributed by atoms with Gasteiger partial charge in [-0.15, -0.1) is 0 Å². The zero-order chi connectivity index (χ0) is 14.9. The minimum absolute atomic E-state index is 0.840. The SMILES string of the molecule is CCCCCCCCNC(=S)NCCCCCCCC. The summed E-state index contributed by atoms with van der Waals surface area (Å²) in [4.78, 5) is 0. The van der Waals surface area contributed by atoms with Crippen molar-refractivity contribution >= 4 is 17.3 Å². The molecule has 0 aliphatic carbocycles. The summed E-state index contributed by atoms with van der Waals surface area (Å²) in [6.45, 7) is 6.56. The van der Waals surface area contributed by atoms with Crippen LogP contribution in [-0.4, -0.2) is 18.2 Å². The summed E-state index contributed by atoms with van der Waals surface area (Å²) < 4.78 is 0. The monoisotopic (exact) mass is 300 g/mol. The van der Waals surface area contributed by atoms with Gasteiger partial charge in [0.1, 0.15) is 0 Å². The highest BCUT2D eigenvalue weighted by Gasteiger charge is 1.95. The molecule has 0 aromatic heterocycles. The van der Waals surface area contributed by atoms with Crippen LogP contribution in [0.2, 0.25) is 0 Å². The first-order valence-corrected chi connectivity index (χ1v) is 9.23. The first-order valence-electron chi connectivity index (χ1n) is 8.83. The Morgan fingerprint density at radius 2 is 0.950 bits per heavy atom. The molecule has 0 heterocycles. The maximum absolute atomic E-state index is 5.27. The molecule has 0 fully saturated rings. The second-order valence-electron chi connectivity index (χ2n) is 5.72. The third-order valence-corrected chi connectivity index (χ3v) is 3.92. The number of hydrogen-bond acceptors (Lipinski definition) is 1. The van der Waals surface area contributed by atoms with Crippen molar-refractivity contribution in [3.8, 4) is 0 Å². The fraction of sp³-hybridized carbons (Fsp3) is 0.941. The normalized spacial score (nSPS) is 10.5. The summed E-state index contributed by atoms with van der Waals surface area (Å²) >= 11 is 5.27. The second-order valence-corrected chi connectivity index (χ2v) is 6.13. The molecule has 120 valence electrons. The maximum atomic E-state index is 5.27. The maximum Gasteiger partial charge on any atom is 0.166 e. The van der Waals surface area contributed by atoms with Crippen LogP contribution in [0.25, 0.3) is 0 Å². The first kappa shape index (κ1) is 19.7. The fourth-order valence-corrected chi connectivity index (χ4v) is 2.48. The Morgan fingerprint density at radius 1 is 0.600 bits per heavy atom. The average molecular weight is 301 g/mol. The molecular formula is C17H36N2S. The van der Waals surface area contributed by atoms with Crippen molar-refractivity contribution in [3.63, 3.8) is 0 Å². The Kier molecular flexibility index (Phi) is 16.5. The lowest BCUT2D eigenvalue weighted by molar-refractivity contribution is 0.592. The standard InChI is InChI=1S/C17H36N2S/c1-3-5-7-9-11-13-15-18-17(20)19-16-14-12-10-8-6-4-2/h3-16H2,1-2H3,(H2,18,19,20). The van der Waals surface area contributed by atoms with Gasteiger partial charge in [0.15, 0.2) is 5.11 Å². The zero-order valence-corrected chi connectivity index (χ0v) is 14.6. The fourth-order valence-electron chi connectivity index (χ4n) is 2.28. The molecule has 0 radical (unpaired) electrons. The van der Waals surface area contributed by atoms with Crippen molar-refractivity contribution in [2.24, 2.45) is 0 Å². The predicted molar refractivity (Wildman–Crippen MR) is 95.4 cm³/mol. The molecule has 0 bridgehead atoms. The molecule has 0 spiro atoms. The predicted octanol–water partition coefficient (Wildman–Crippen LogP) is 5.17. The first-order chi connectivity index (χ1) is 9.81. The van der Waals surface area contributed by atoms with E-state index in [-0.39, 0.29) is 0 Å². The van der Waals surface area contributed by atoms with Gasteiger partial charge in [-0.05, 0) is 25.1 Å². The van der Waals surface area contributed by atoms with E-state index >= 15 is 0 Å². The van der Waals surface area contributed by atoms with Gasteiger partial charge in [-0.3, -0.25) is 0 Å². The van der Waals surface area contributed by atoms with E-state index in [2.05, 4.69) is 24.5 Å². The number of rotatable bonds is 14. The third kappa shape index (κ3) is 15.7. The summed E-state index contributed by atoms with van der Waals surface area (Å²) in [6.07, 6.45) is 16.0. The van der Waals surface area contributed by atoms with E-state index in [4.69, 9.17) is 12.2 Å². The van der Waals surface area contributed by atoms with E-state index in [0.29, 0.717) is 0 Å². The Bertz CT molecular complexity index is 187. The van der Waals surface area contributed by atoms with Crippen LogP contribution < -0.4 is 10.6 Å². The third-order valence-electron chi connectivity index (χ3n) is 3.63. The van der Waals surface area contributed by atoms with Gasteiger partial charge in [-0.1, -0.05) is 78.1 Å². The Morgan fingerprint density at radius 3 is 1.35 bits per heavy atom. The van der Waals surface area contributed by atoms with Gasteiger partial charge in [0.05, 0.1) is 0 Å². The summed E-state index contributed by atoms with van der Waals surface area (Å²) in [5, 5.41) is 7.45. The van der Waals surface area contributed by atoms with Crippen LogP contribution in [0, 0.1) is 0 Å². The molecule has 0 saturated carbocycles. The topological polar surface area (TPSA) is 24.1 Å². The number of nitrogens with one attached hydrogen (secondary N) is 2. The molecule has 0 amide bonds. The zero-order valence-electron chi connectivity index (χ0n) is 13.8. The number of hydrogen-bond donors (Lipinski definition) is 2. The second kappa shape index (κ2) is 16.7. The Balaban J connectivity index is 3.13. The smallest absolute Gasteiger partial charge is 0.166 e. The van der Waals surface area contributed by atoms with Gasteiger partial charge in [-0.2, -0.15) is 0 Å². The van der Waals surface area contributed by atoms with Crippen LogP contribution >= 0.6 is 12.2 Å². The highest BCUT2D eigenvalue weighted by atomic mass is 32.1. The lowest BCUT2D eigenvalue weighted by Gasteiger charge is -2.10. The van der Waals surface area contributed by atoms with Gasteiger partial charge in [0.25, 0.3) is 0 Å². The number of thiocarbonyl (C=S) groups is 1. The molecule has 0 aromatic carbocycles. The quantitative estimate of drug-likeness (QED) is 0.342. The highest BCUT2D eigenvalue weighted by molar-refractivity contribution is 7.80. The van der Waals surface area contributed by atoms with E-state index in [9.17, 15) is 0 Å². The minimum Gasteiger partial charge on any atom is -0.363 e. The van der Waals surface area contributed by atoms with Crippen molar-refractivity contribution in [2.75, 3.05) is 13.1 Å². The Hall–Kier alpha value is -0.310. The summed E-state index contributed by atoms with van der Waals surface area (Å²) in [6, 6.07) is 0. The highest BCUT2D eigenvalue weighted by Crippen LogP contribution is 2.04. The molecule has 3 heteroatoms. The molecule has 0 atom stereocenters. The van der Waals surface area contributed by atoms with Crippen molar-refractivity contribution in [1.82, 2.24) is 10.6 Å². The summed E-state index contributed by atoms with van der Waals surface area (Å²) in [5.41, 5.74) is 0. The van der Waals surface area contributed by atoms with Crippen LogP contribution in [0.1, 0.15) is 90.9 Å². The van der Waals surface area contributed by atoms with Crippen LogP contribution in [0.4, 0.5) is 0 Å². The molecule has 0 rings (SSSR count). The molecular weight excluding hydrogens is 264 g/mol. The van der Waals surface area contributed by atoms with Crippen molar-refractivity contribution in [2.45, 2.75) is 90.9 Å². The van der Waals surface area contributed by atoms with Crippen LogP contribution in [0.5, 0.6) is 0 Å². The van der Waals surface area contributed by atoms with Gasteiger partial charge in [0.2, 0.25) is 0 Å². The van der Waals surface area contributed by atoms with Crippen LogP contribution in [0.3, 0.4) is 0 Å². The van der Waals surface area contributed by atoms with Gasteiger partial charge >= 0.3 is 0 Å². The van der Waals surface area contributed by atoms with E-state index in [1.807, 2.05) is 0 Å². The summed E-state index contributed by atoms with van der Waals surface area (Å²) in [5.74, 6) is 0. The van der Waals surface area contributed by atoms with E-state index in [1.165, 1.54) is 77.0 Å². The molecule has 20 heavy (non-hydrogen) atoms. The van der Waals surface area contributed by atoms with Crippen molar-refractivity contribution in [3.05, 3.63) is 0 Å². The average Bonchev–Trinajstić information content (AvgIpc) is 2.45. The van der Waals surface area contributed by atoms with E-state index in [1.54, 1.807) is 0 Å². The van der Waals surface area contributed by atoms with Crippen molar-refractivity contribution < 1.29 is 0 Å². The summed E-state index contributed by atoms with van der Waals surface area (Å²) in [7, 11) is 0. The van der Waals surface area contributed by atoms with Gasteiger partial charge < -0.3 is 10.6 Å².